The maximum Gasteiger partial charge on any atom is 0.237 e. The van der Waals surface area contributed by atoms with E-state index in [1.54, 1.807) is 30.3 Å². The zero-order chi connectivity index (χ0) is 13.9. The first-order valence-electron chi connectivity index (χ1n) is 5.56. The first kappa shape index (κ1) is 13.4. The Hall–Kier alpha value is -2.08. The Morgan fingerprint density at radius 1 is 1.05 bits per heavy atom. The summed E-state index contributed by atoms with van der Waals surface area (Å²) >= 11 is 0. The Morgan fingerprint density at radius 2 is 1.68 bits per heavy atom. The van der Waals surface area contributed by atoms with Gasteiger partial charge < -0.3 is 5.73 Å². The van der Waals surface area contributed by atoms with E-state index in [4.69, 9.17) is 5.73 Å². The van der Waals surface area contributed by atoms with Crippen LogP contribution in [0.4, 0.5) is 15.8 Å². The number of nitrogens with two attached hydrogens (primary N) is 1. The predicted molar refractivity (Wildman–Crippen MR) is 73.5 cm³/mol. The molecule has 0 aromatic heterocycles. The van der Waals surface area contributed by atoms with Crippen LogP contribution in [0.15, 0.2) is 48.5 Å². The summed E-state index contributed by atoms with van der Waals surface area (Å²) in [6.45, 7) is 0. The Kier molecular flexibility index (Phi) is 3.71. The molecule has 0 bridgehead atoms. The van der Waals surface area contributed by atoms with Crippen LogP contribution in [0.2, 0.25) is 0 Å². The highest BCUT2D eigenvalue weighted by Crippen LogP contribution is 2.18. The third-order valence-electron chi connectivity index (χ3n) is 2.54. The fourth-order valence-electron chi connectivity index (χ4n) is 1.62. The number of nitrogens with one attached hydrogen (secondary N) is 1. The molecule has 0 fully saturated rings. The number of anilines is 2. The molecule has 0 heterocycles. The number of nitrogen functional groups attached to an aromatic ring is 1. The first-order chi connectivity index (χ1) is 8.98. The van der Waals surface area contributed by atoms with E-state index < -0.39 is 15.8 Å². The molecule has 100 valence electrons. The van der Waals surface area contributed by atoms with E-state index in [2.05, 4.69) is 4.72 Å². The molecule has 0 aliphatic heterocycles. The van der Waals surface area contributed by atoms with Crippen LogP contribution in [0.3, 0.4) is 0 Å². The highest BCUT2D eigenvalue weighted by molar-refractivity contribution is 7.91. The molecule has 0 spiro atoms. The van der Waals surface area contributed by atoms with Gasteiger partial charge in [-0.05, 0) is 23.8 Å². The average Bonchev–Trinajstić information content (AvgIpc) is 2.35. The second kappa shape index (κ2) is 5.27. The van der Waals surface area contributed by atoms with Crippen molar-refractivity contribution in [2.75, 3.05) is 10.5 Å². The minimum Gasteiger partial charge on any atom is -0.398 e. The SMILES string of the molecule is Nc1ccccc1CS(=O)(=O)Nc1ccccc1F. The van der Waals surface area contributed by atoms with Crippen molar-refractivity contribution in [1.29, 1.82) is 0 Å². The van der Waals surface area contributed by atoms with Gasteiger partial charge >= 0.3 is 0 Å². The molecule has 0 aliphatic rings. The summed E-state index contributed by atoms with van der Waals surface area (Å²) in [7, 11) is -3.70. The number of hydrogen-bond donors (Lipinski definition) is 2. The summed E-state index contributed by atoms with van der Waals surface area (Å²) in [6.07, 6.45) is 0. The Bertz CT molecular complexity index is 633. The molecule has 0 radical (unpaired) electrons. The van der Waals surface area contributed by atoms with E-state index in [0.717, 1.165) is 0 Å². The molecule has 2 aromatic carbocycles. The van der Waals surface area contributed by atoms with Gasteiger partial charge in [0, 0.05) is 5.69 Å². The highest BCUT2D eigenvalue weighted by Gasteiger charge is 2.15. The van der Waals surface area contributed by atoms with Gasteiger partial charge in [-0.15, -0.1) is 0 Å². The van der Waals surface area contributed by atoms with Crippen molar-refractivity contribution in [1.82, 2.24) is 0 Å². The maximum absolute atomic E-state index is 13.4. The fraction of sp³-hybridized carbons (Fsp3) is 0.0769. The third-order valence-corrected chi connectivity index (χ3v) is 3.76. The van der Waals surface area contributed by atoms with Crippen molar-refractivity contribution in [2.24, 2.45) is 0 Å². The highest BCUT2D eigenvalue weighted by atomic mass is 32.2. The van der Waals surface area contributed by atoms with Gasteiger partial charge in [-0.2, -0.15) is 0 Å². The quantitative estimate of drug-likeness (QED) is 0.844. The number of hydrogen-bond acceptors (Lipinski definition) is 3. The fourth-order valence-corrected chi connectivity index (χ4v) is 2.86. The molecule has 0 saturated heterocycles. The third kappa shape index (κ3) is 3.45. The summed E-state index contributed by atoms with van der Waals surface area (Å²) in [5.74, 6) is -0.916. The van der Waals surface area contributed by atoms with Crippen LogP contribution in [-0.2, 0) is 15.8 Å². The van der Waals surface area contributed by atoms with Gasteiger partial charge in [0.25, 0.3) is 0 Å². The van der Waals surface area contributed by atoms with Gasteiger partial charge in [0.05, 0.1) is 11.4 Å². The summed E-state index contributed by atoms with van der Waals surface area (Å²) in [4.78, 5) is 0. The van der Waals surface area contributed by atoms with Crippen LogP contribution in [0.5, 0.6) is 0 Å². The van der Waals surface area contributed by atoms with Crippen molar-refractivity contribution in [3.8, 4) is 0 Å². The zero-order valence-corrected chi connectivity index (χ0v) is 10.8. The second-order valence-corrected chi connectivity index (χ2v) is 5.76. The molecule has 3 N–H and O–H groups in total. The van der Waals surface area contributed by atoms with Gasteiger partial charge in [-0.25, -0.2) is 12.8 Å². The molecule has 6 heteroatoms. The predicted octanol–water partition coefficient (Wildman–Crippen LogP) is 2.35. The maximum atomic E-state index is 13.4. The Morgan fingerprint density at radius 3 is 2.37 bits per heavy atom. The molecule has 0 unspecified atom stereocenters. The van der Waals surface area contributed by atoms with E-state index in [1.807, 2.05) is 0 Å². The summed E-state index contributed by atoms with van der Waals surface area (Å²) < 4.78 is 39.5. The summed E-state index contributed by atoms with van der Waals surface area (Å²) in [5, 5.41) is 0. The van der Waals surface area contributed by atoms with Gasteiger partial charge in [0.1, 0.15) is 5.82 Å². The standard InChI is InChI=1S/C13H13FN2O2S/c14-11-6-2-4-8-13(11)16-19(17,18)9-10-5-1-3-7-12(10)15/h1-8,16H,9,15H2. The van der Waals surface area contributed by atoms with E-state index in [-0.39, 0.29) is 11.4 Å². The Balaban J connectivity index is 2.21. The van der Waals surface area contributed by atoms with Crippen molar-refractivity contribution in [3.05, 3.63) is 59.9 Å². The molecule has 0 atom stereocenters. The van der Waals surface area contributed by atoms with Gasteiger partial charge in [0.15, 0.2) is 0 Å². The number of rotatable bonds is 4. The smallest absolute Gasteiger partial charge is 0.237 e. The average molecular weight is 280 g/mol. The van der Waals surface area contributed by atoms with Crippen LogP contribution in [0.25, 0.3) is 0 Å². The van der Waals surface area contributed by atoms with Crippen LogP contribution in [0, 0.1) is 5.82 Å². The van der Waals surface area contributed by atoms with Gasteiger partial charge in [0.2, 0.25) is 10.0 Å². The largest absolute Gasteiger partial charge is 0.398 e. The number of halogens is 1. The lowest BCUT2D eigenvalue weighted by Gasteiger charge is -2.10. The van der Waals surface area contributed by atoms with Crippen LogP contribution >= 0.6 is 0 Å². The first-order valence-corrected chi connectivity index (χ1v) is 7.21. The van der Waals surface area contributed by atoms with E-state index in [0.29, 0.717) is 11.3 Å². The zero-order valence-electron chi connectivity index (χ0n) is 10.0. The second-order valence-electron chi connectivity index (χ2n) is 4.04. The summed E-state index contributed by atoms with van der Waals surface area (Å²) in [6, 6.07) is 12.3. The molecule has 0 amide bonds. The molecule has 0 aliphatic carbocycles. The lowest BCUT2D eigenvalue weighted by Crippen LogP contribution is -2.16. The number of benzene rings is 2. The van der Waals surface area contributed by atoms with E-state index in [1.165, 1.54) is 18.2 Å². The molecule has 0 saturated carbocycles. The van der Waals surface area contributed by atoms with Crippen molar-refractivity contribution < 1.29 is 12.8 Å². The molecule has 4 nitrogen and oxygen atoms in total. The lowest BCUT2D eigenvalue weighted by molar-refractivity contribution is 0.598. The molecular weight excluding hydrogens is 267 g/mol. The summed E-state index contributed by atoms with van der Waals surface area (Å²) in [5.41, 5.74) is 6.48. The normalized spacial score (nSPS) is 11.2. The van der Waals surface area contributed by atoms with Crippen LogP contribution in [-0.4, -0.2) is 8.42 Å². The number of para-hydroxylation sites is 2. The van der Waals surface area contributed by atoms with Crippen molar-refractivity contribution in [3.63, 3.8) is 0 Å². The monoisotopic (exact) mass is 280 g/mol. The minimum absolute atomic E-state index is 0.0722. The van der Waals surface area contributed by atoms with Crippen LogP contribution in [0.1, 0.15) is 5.56 Å². The van der Waals surface area contributed by atoms with E-state index in [9.17, 15) is 12.8 Å². The molecule has 19 heavy (non-hydrogen) atoms. The Labute approximate surface area is 111 Å². The van der Waals surface area contributed by atoms with Crippen LogP contribution < -0.4 is 10.5 Å². The topological polar surface area (TPSA) is 72.2 Å². The lowest BCUT2D eigenvalue weighted by atomic mass is 10.2. The van der Waals surface area contributed by atoms with Gasteiger partial charge in [-0.3, -0.25) is 4.72 Å². The van der Waals surface area contributed by atoms with E-state index >= 15 is 0 Å². The minimum atomic E-state index is -3.70. The van der Waals surface area contributed by atoms with Crippen molar-refractivity contribution >= 4 is 21.4 Å². The number of sulfonamides is 1. The van der Waals surface area contributed by atoms with Gasteiger partial charge in [-0.1, -0.05) is 30.3 Å². The molecular formula is C13H13FN2O2S. The van der Waals surface area contributed by atoms with Crippen molar-refractivity contribution in [2.45, 2.75) is 5.75 Å². The molecule has 2 aromatic rings. The molecule has 2 rings (SSSR count).